The van der Waals surface area contributed by atoms with Gasteiger partial charge in [-0.25, -0.2) is 4.79 Å². The molecule has 3 fully saturated rings. The summed E-state index contributed by atoms with van der Waals surface area (Å²) >= 11 is 0. The molecule has 1 amide bonds. The lowest BCUT2D eigenvalue weighted by molar-refractivity contribution is -0.0677. The van der Waals surface area contributed by atoms with Crippen molar-refractivity contribution < 1.29 is 14.6 Å². The van der Waals surface area contributed by atoms with Gasteiger partial charge in [-0.15, -0.1) is 0 Å². The topological polar surface area (TPSA) is 49.8 Å². The van der Waals surface area contributed by atoms with Crippen molar-refractivity contribution >= 4 is 6.09 Å². The van der Waals surface area contributed by atoms with Crippen LogP contribution in [0.15, 0.2) is 30.3 Å². The summed E-state index contributed by atoms with van der Waals surface area (Å²) in [6.45, 7) is 6.13. The van der Waals surface area contributed by atoms with Gasteiger partial charge in [-0.2, -0.15) is 0 Å². The first kappa shape index (κ1) is 19.8. The number of carbonyl (C=O) groups is 1. The molecule has 2 saturated carbocycles. The van der Waals surface area contributed by atoms with Gasteiger partial charge in [0.05, 0.1) is 6.61 Å². The van der Waals surface area contributed by atoms with Gasteiger partial charge in [0.15, 0.2) is 0 Å². The molecular weight excluding hydrogens is 350 g/mol. The molecule has 4 rings (SSSR count). The van der Waals surface area contributed by atoms with E-state index >= 15 is 0 Å². The van der Waals surface area contributed by atoms with Gasteiger partial charge in [-0.3, -0.25) is 0 Å². The molecule has 0 spiro atoms. The van der Waals surface area contributed by atoms with Crippen molar-refractivity contribution in [2.75, 3.05) is 19.7 Å². The third kappa shape index (κ3) is 3.80. The molecule has 2 bridgehead atoms. The van der Waals surface area contributed by atoms with Crippen LogP contribution in [0.4, 0.5) is 4.79 Å². The second-order valence-electron chi connectivity index (χ2n) is 9.81. The summed E-state index contributed by atoms with van der Waals surface area (Å²) < 4.78 is 6.13. The van der Waals surface area contributed by atoms with Gasteiger partial charge in [-0.05, 0) is 67.8 Å². The zero-order chi connectivity index (χ0) is 19.7. The summed E-state index contributed by atoms with van der Waals surface area (Å²) in [5.74, 6) is 2.58. The molecule has 0 unspecified atom stereocenters. The van der Waals surface area contributed by atoms with E-state index in [1.807, 2.05) is 23.1 Å². The Hall–Kier alpha value is -1.55. The van der Waals surface area contributed by atoms with Crippen LogP contribution in [0.5, 0.6) is 0 Å². The van der Waals surface area contributed by atoms with Crippen molar-refractivity contribution in [2.24, 2.45) is 23.7 Å². The largest absolute Gasteiger partial charge is 0.446 e. The van der Waals surface area contributed by atoms with Crippen LogP contribution in [-0.4, -0.2) is 41.9 Å². The van der Waals surface area contributed by atoms with Gasteiger partial charge in [0.1, 0.15) is 6.10 Å². The molecule has 0 aromatic heterocycles. The minimum atomic E-state index is -0.232. The van der Waals surface area contributed by atoms with Gasteiger partial charge < -0.3 is 14.7 Å². The van der Waals surface area contributed by atoms with Crippen LogP contribution in [-0.2, 0) is 10.2 Å². The Morgan fingerprint density at radius 2 is 1.57 bits per heavy atom. The molecule has 2 aliphatic carbocycles. The molecule has 1 aliphatic heterocycles. The first-order valence-corrected chi connectivity index (χ1v) is 11.1. The van der Waals surface area contributed by atoms with E-state index in [1.165, 1.54) is 31.2 Å². The molecule has 1 aromatic rings. The number of nitrogens with zero attached hydrogens (tertiary/aromatic N) is 1. The standard InChI is InChI=1S/C24H35NO3/c1-17-12-19-14-18(2)15-20(13-17)22(19)28-23(27)25-10-8-24(16-26,9-11-25)21-6-4-3-5-7-21/h3-7,17-20,22,26H,8-16H2,1-2H3. The number of aliphatic hydroxyl groups excluding tert-OH is 1. The van der Waals surface area contributed by atoms with E-state index in [0.717, 1.165) is 24.7 Å². The lowest BCUT2D eigenvalue weighted by Crippen LogP contribution is -2.50. The molecule has 1 aromatic carbocycles. The zero-order valence-electron chi connectivity index (χ0n) is 17.3. The van der Waals surface area contributed by atoms with Crippen LogP contribution in [0.3, 0.4) is 0 Å². The fraction of sp³-hybridized carbons (Fsp3) is 0.708. The van der Waals surface area contributed by atoms with Crippen molar-refractivity contribution in [1.29, 1.82) is 0 Å². The molecule has 154 valence electrons. The first-order chi connectivity index (χ1) is 13.5. The maximum Gasteiger partial charge on any atom is 0.410 e. The van der Waals surface area contributed by atoms with Crippen LogP contribution in [0.2, 0.25) is 0 Å². The highest BCUT2D eigenvalue weighted by molar-refractivity contribution is 5.68. The SMILES string of the molecule is CC1CC2CC(C)CC(C1)C2OC(=O)N1CCC(CO)(c2ccccc2)CC1. The average Bonchev–Trinajstić information content (AvgIpc) is 2.69. The second-order valence-corrected chi connectivity index (χ2v) is 9.81. The zero-order valence-corrected chi connectivity index (χ0v) is 17.3. The summed E-state index contributed by atoms with van der Waals surface area (Å²) in [6.07, 6.45) is 6.33. The highest BCUT2D eigenvalue weighted by Crippen LogP contribution is 2.46. The van der Waals surface area contributed by atoms with E-state index in [9.17, 15) is 9.90 Å². The fourth-order valence-corrected chi connectivity index (χ4v) is 6.20. The minimum absolute atomic E-state index is 0.110. The van der Waals surface area contributed by atoms with Gasteiger partial charge in [0, 0.05) is 18.5 Å². The monoisotopic (exact) mass is 385 g/mol. The number of hydrogen-bond acceptors (Lipinski definition) is 3. The number of likely N-dealkylation sites (tertiary alicyclic amines) is 1. The highest BCUT2D eigenvalue weighted by Gasteiger charge is 2.45. The number of amides is 1. The fourth-order valence-electron chi connectivity index (χ4n) is 6.20. The Kier molecular flexibility index (Phi) is 5.69. The molecule has 1 N–H and O–H groups in total. The van der Waals surface area contributed by atoms with Crippen LogP contribution < -0.4 is 0 Å². The first-order valence-electron chi connectivity index (χ1n) is 11.1. The normalized spacial score (nSPS) is 34.7. The lowest BCUT2D eigenvalue weighted by atomic mass is 9.63. The molecule has 28 heavy (non-hydrogen) atoms. The van der Waals surface area contributed by atoms with E-state index in [2.05, 4.69) is 26.0 Å². The van der Waals surface area contributed by atoms with E-state index in [1.54, 1.807) is 0 Å². The molecular formula is C24H35NO3. The number of ether oxygens (including phenoxy) is 1. The van der Waals surface area contributed by atoms with E-state index in [4.69, 9.17) is 4.74 Å². The van der Waals surface area contributed by atoms with E-state index in [-0.39, 0.29) is 24.2 Å². The van der Waals surface area contributed by atoms with Gasteiger partial charge >= 0.3 is 6.09 Å². The molecule has 4 nitrogen and oxygen atoms in total. The number of piperidine rings is 1. The van der Waals surface area contributed by atoms with Crippen LogP contribution in [0.1, 0.15) is 57.9 Å². The molecule has 1 saturated heterocycles. The molecule has 4 heteroatoms. The van der Waals surface area contributed by atoms with Gasteiger partial charge in [-0.1, -0.05) is 44.2 Å². The number of hydrogen-bond donors (Lipinski definition) is 1. The van der Waals surface area contributed by atoms with Crippen molar-refractivity contribution in [3.63, 3.8) is 0 Å². The van der Waals surface area contributed by atoms with Crippen LogP contribution >= 0.6 is 0 Å². The highest BCUT2D eigenvalue weighted by atomic mass is 16.6. The smallest absolute Gasteiger partial charge is 0.410 e. The Morgan fingerprint density at radius 3 is 2.07 bits per heavy atom. The lowest BCUT2D eigenvalue weighted by Gasteiger charge is -2.47. The van der Waals surface area contributed by atoms with Gasteiger partial charge in [0.2, 0.25) is 0 Å². The molecule has 0 radical (unpaired) electrons. The quantitative estimate of drug-likeness (QED) is 0.827. The Bertz CT molecular complexity index is 638. The maximum absolute atomic E-state index is 12.9. The van der Waals surface area contributed by atoms with E-state index in [0.29, 0.717) is 24.9 Å². The Morgan fingerprint density at radius 1 is 1.04 bits per heavy atom. The van der Waals surface area contributed by atoms with Crippen LogP contribution in [0.25, 0.3) is 0 Å². The van der Waals surface area contributed by atoms with Gasteiger partial charge in [0.25, 0.3) is 0 Å². The second kappa shape index (κ2) is 8.06. The molecule has 3 aliphatic rings. The molecule has 1 heterocycles. The third-order valence-electron chi connectivity index (χ3n) is 7.65. The minimum Gasteiger partial charge on any atom is -0.446 e. The molecule has 0 atom stereocenters. The van der Waals surface area contributed by atoms with Crippen molar-refractivity contribution in [2.45, 2.75) is 63.9 Å². The Labute approximate surface area is 169 Å². The number of carbonyl (C=O) groups excluding carboxylic acids is 1. The average molecular weight is 386 g/mol. The Balaban J connectivity index is 1.38. The third-order valence-corrected chi connectivity index (χ3v) is 7.65. The predicted molar refractivity (Wildman–Crippen MR) is 110 cm³/mol. The number of fused-ring (bicyclic) bond motifs is 2. The van der Waals surface area contributed by atoms with Crippen molar-refractivity contribution in [3.8, 4) is 0 Å². The van der Waals surface area contributed by atoms with Crippen molar-refractivity contribution in [3.05, 3.63) is 35.9 Å². The number of benzene rings is 1. The summed E-state index contributed by atoms with van der Waals surface area (Å²) in [6, 6.07) is 10.2. The number of aliphatic hydroxyl groups is 1. The van der Waals surface area contributed by atoms with Crippen molar-refractivity contribution in [1.82, 2.24) is 4.90 Å². The van der Waals surface area contributed by atoms with Crippen LogP contribution in [0, 0.1) is 23.7 Å². The summed E-state index contributed by atoms with van der Waals surface area (Å²) in [5.41, 5.74) is 0.944. The predicted octanol–water partition coefficient (Wildman–Crippen LogP) is 4.61. The number of rotatable bonds is 3. The summed E-state index contributed by atoms with van der Waals surface area (Å²) in [7, 11) is 0. The summed E-state index contributed by atoms with van der Waals surface area (Å²) in [5, 5.41) is 10.1. The van der Waals surface area contributed by atoms with E-state index < -0.39 is 0 Å². The summed E-state index contributed by atoms with van der Waals surface area (Å²) in [4.78, 5) is 14.8. The maximum atomic E-state index is 12.9.